The zero-order valence-corrected chi connectivity index (χ0v) is 23.7. The summed E-state index contributed by atoms with van der Waals surface area (Å²) in [6, 6.07) is 6.60. The van der Waals surface area contributed by atoms with Crippen LogP contribution in [0.1, 0.15) is 55.0 Å². The Labute approximate surface area is 234 Å². The van der Waals surface area contributed by atoms with Gasteiger partial charge >= 0.3 is 0 Å². The molecule has 3 aromatic rings. The Morgan fingerprint density at radius 1 is 1.30 bits per heavy atom. The van der Waals surface area contributed by atoms with Gasteiger partial charge in [0.05, 0.1) is 30.1 Å². The molecule has 8 heteroatoms. The fourth-order valence-electron chi connectivity index (χ4n) is 8.38. The quantitative estimate of drug-likeness (QED) is 0.505. The molecular formula is C32H36N6O2. The normalized spacial score (nSPS) is 25.4. The van der Waals surface area contributed by atoms with Crippen molar-refractivity contribution in [2.75, 3.05) is 31.1 Å². The van der Waals surface area contributed by atoms with Crippen LogP contribution in [0.2, 0.25) is 0 Å². The first-order chi connectivity index (χ1) is 19.1. The molecule has 2 aliphatic heterocycles. The number of benzene rings is 1. The number of nitrogens with zero attached hydrogens (tertiary/aromatic N) is 6. The van der Waals surface area contributed by atoms with E-state index >= 15 is 0 Å². The maximum atomic E-state index is 12.3. The average Bonchev–Trinajstić information content (AvgIpc) is 3.51. The van der Waals surface area contributed by atoms with Crippen molar-refractivity contribution in [1.82, 2.24) is 19.7 Å². The molecule has 3 atom stereocenters. The van der Waals surface area contributed by atoms with Crippen molar-refractivity contribution in [3.05, 3.63) is 53.4 Å². The summed E-state index contributed by atoms with van der Waals surface area (Å²) < 4.78 is 1.92. The highest BCUT2D eigenvalue weighted by molar-refractivity contribution is 5.99. The van der Waals surface area contributed by atoms with E-state index in [4.69, 9.17) is 4.98 Å². The van der Waals surface area contributed by atoms with Crippen LogP contribution in [0, 0.1) is 35.0 Å². The summed E-state index contributed by atoms with van der Waals surface area (Å²) in [5, 5.41) is 27.2. The number of amides is 1. The first-order valence-electron chi connectivity index (χ1n) is 14.3. The van der Waals surface area contributed by atoms with Gasteiger partial charge in [0.15, 0.2) is 0 Å². The molecule has 4 heterocycles. The van der Waals surface area contributed by atoms with Crippen LogP contribution in [0.5, 0.6) is 0 Å². The summed E-state index contributed by atoms with van der Waals surface area (Å²) in [4.78, 5) is 21.6. The predicted octanol–water partition coefficient (Wildman–Crippen LogP) is 4.09. The molecule has 5 aliphatic rings. The molecule has 0 unspecified atom stereocenters. The van der Waals surface area contributed by atoms with Crippen molar-refractivity contribution in [3.8, 4) is 17.2 Å². The third-order valence-corrected chi connectivity index (χ3v) is 10.9. The van der Waals surface area contributed by atoms with E-state index < -0.39 is 0 Å². The number of carbonyl (C=O) groups is 1. The van der Waals surface area contributed by atoms with Gasteiger partial charge in [-0.15, -0.1) is 0 Å². The summed E-state index contributed by atoms with van der Waals surface area (Å²) in [5.74, 6) is 1.51. The van der Waals surface area contributed by atoms with Gasteiger partial charge in [0, 0.05) is 54.5 Å². The molecule has 3 aliphatic carbocycles. The summed E-state index contributed by atoms with van der Waals surface area (Å²) in [7, 11) is 1.96. The topological polar surface area (TPSA) is 98.3 Å². The van der Waals surface area contributed by atoms with Gasteiger partial charge in [0.2, 0.25) is 5.91 Å². The van der Waals surface area contributed by atoms with E-state index in [1.54, 1.807) is 4.90 Å². The van der Waals surface area contributed by atoms with Crippen LogP contribution in [0.3, 0.4) is 0 Å². The third kappa shape index (κ3) is 3.13. The van der Waals surface area contributed by atoms with Crippen LogP contribution in [-0.4, -0.2) is 63.0 Å². The van der Waals surface area contributed by atoms with Gasteiger partial charge in [0.25, 0.3) is 0 Å². The van der Waals surface area contributed by atoms with Gasteiger partial charge < -0.3 is 14.9 Å². The number of anilines is 1. The minimum atomic E-state index is -0.216. The molecule has 1 amide bonds. The number of hydrogen-bond acceptors (Lipinski definition) is 6. The second kappa shape index (κ2) is 8.40. The summed E-state index contributed by atoms with van der Waals surface area (Å²) in [5.41, 5.74) is 7.06. The van der Waals surface area contributed by atoms with Crippen LogP contribution in [0.4, 0.5) is 5.82 Å². The Morgan fingerprint density at radius 3 is 2.75 bits per heavy atom. The maximum Gasteiger partial charge on any atom is 0.245 e. The molecule has 40 heavy (non-hydrogen) atoms. The van der Waals surface area contributed by atoms with Crippen molar-refractivity contribution in [2.24, 2.45) is 23.8 Å². The lowest BCUT2D eigenvalue weighted by atomic mass is 9.48. The van der Waals surface area contributed by atoms with Gasteiger partial charge in [-0.2, -0.15) is 10.4 Å². The highest BCUT2D eigenvalue weighted by Crippen LogP contribution is 2.63. The molecule has 2 saturated heterocycles. The predicted molar refractivity (Wildman–Crippen MR) is 154 cm³/mol. The molecule has 1 spiro atoms. The van der Waals surface area contributed by atoms with E-state index in [0.29, 0.717) is 42.9 Å². The number of aromatic nitrogens is 3. The van der Waals surface area contributed by atoms with E-state index in [0.717, 1.165) is 52.5 Å². The molecule has 1 N–H and O–H groups in total. The number of pyridine rings is 1. The van der Waals surface area contributed by atoms with E-state index in [2.05, 4.69) is 55.6 Å². The maximum absolute atomic E-state index is 12.3. The smallest absolute Gasteiger partial charge is 0.245 e. The number of nitriles is 1. The number of aryl methyl sites for hydroxylation is 2. The lowest BCUT2D eigenvalue weighted by Crippen LogP contribution is -2.64. The number of aliphatic hydroxyl groups excluding tert-OH is 1. The second-order valence-corrected chi connectivity index (χ2v) is 13.0. The van der Waals surface area contributed by atoms with E-state index in [9.17, 15) is 15.2 Å². The summed E-state index contributed by atoms with van der Waals surface area (Å²) in [6.45, 7) is 12.3. The second-order valence-electron chi connectivity index (χ2n) is 13.0. The van der Waals surface area contributed by atoms with Gasteiger partial charge in [0.1, 0.15) is 17.5 Å². The van der Waals surface area contributed by atoms with Crippen molar-refractivity contribution in [2.45, 2.75) is 52.0 Å². The van der Waals surface area contributed by atoms with Gasteiger partial charge in [-0.3, -0.25) is 9.48 Å². The lowest BCUT2D eigenvalue weighted by molar-refractivity contribution is -0.138. The van der Waals surface area contributed by atoms with E-state index in [-0.39, 0.29) is 29.4 Å². The molecule has 1 saturated carbocycles. The van der Waals surface area contributed by atoms with E-state index in [1.807, 2.05) is 17.9 Å². The zero-order chi connectivity index (χ0) is 28.1. The molecule has 8 nitrogen and oxygen atoms in total. The average molecular weight is 537 g/mol. The standard InChI is InChI=1S/C32H36N6O2/c1-6-25(40)37-16-32(17-37)9-10-38(24(32)15-39)30-22(13-33)27(21-11-20-12-23(28(21)35-30)31(20,3)4)26-18(2)7-8-19-14-34-36(5)29(19)26/h6-8,14,20,23-24,39H,1,9-12,15-17H2,2-5H3/t20-,23-,24+/m0/s1. The van der Waals surface area contributed by atoms with E-state index in [1.165, 1.54) is 11.6 Å². The van der Waals surface area contributed by atoms with Gasteiger partial charge in [-0.1, -0.05) is 32.6 Å². The Hall–Kier alpha value is -3.70. The van der Waals surface area contributed by atoms with Crippen LogP contribution >= 0.6 is 0 Å². The number of likely N-dealkylation sites (tertiary alicyclic amines) is 1. The van der Waals surface area contributed by atoms with Crippen LogP contribution in [-0.2, 0) is 18.3 Å². The van der Waals surface area contributed by atoms with Crippen LogP contribution in [0.15, 0.2) is 31.0 Å². The Morgan fingerprint density at radius 2 is 2.08 bits per heavy atom. The zero-order valence-electron chi connectivity index (χ0n) is 23.7. The number of fused-ring (bicyclic) bond motifs is 1. The largest absolute Gasteiger partial charge is 0.394 e. The van der Waals surface area contributed by atoms with Crippen LogP contribution in [0.25, 0.3) is 22.0 Å². The minimum absolute atomic E-state index is 0.0532. The van der Waals surface area contributed by atoms with Crippen molar-refractivity contribution in [3.63, 3.8) is 0 Å². The Kier molecular flexibility index (Phi) is 5.31. The highest BCUT2D eigenvalue weighted by Gasteiger charge is 2.57. The lowest BCUT2D eigenvalue weighted by Gasteiger charge is -2.57. The number of carbonyl (C=O) groups excluding carboxylic acids is 1. The number of rotatable bonds is 4. The summed E-state index contributed by atoms with van der Waals surface area (Å²) in [6.07, 6.45) is 6.12. The fraction of sp³-hybridized carbons (Fsp3) is 0.500. The number of hydrogen-bond donors (Lipinski definition) is 1. The third-order valence-electron chi connectivity index (χ3n) is 10.9. The van der Waals surface area contributed by atoms with Gasteiger partial charge in [-0.25, -0.2) is 4.98 Å². The Bertz CT molecular complexity index is 1640. The summed E-state index contributed by atoms with van der Waals surface area (Å²) >= 11 is 0. The monoisotopic (exact) mass is 536 g/mol. The Balaban J connectivity index is 1.45. The fourth-order valence-corrected chi connectivity index (χ4v) is 8.38. The SMILES string of the molecule is C=CC(=O)N1CC2(CCN(c3nc4c(c(-c5c(C)ccc6cnn(C)c56)c3C#N)C[C@H]3C[C@@H]4C3(C)C)[C@@H]2CO)C1. The van der Waals surface area contributed by atoms with Crippen molar-refractivity contribution in [1.29, 1.82) is 5.26 Å². The molecule has 206 valence electrons. The number of aliphatic hydroxyl groups is 1. The van der Waals surface area contributed by atoms with Crippen molar-refractivity contribution >= 4 is 22.6 Å². The molecule has 2 bridgehead atoms. The molecule has 8 rings (SSSR count). The highest BCUT2D eigenvalue weighted by atomic mass is 16.3. The molecule has 0 radical (unpaired) electrons. The first-order valence-corrected chi connectivity index (χ1v) is 14.3. The first kappa shape index (κ1) is 25.3. The molecule has 1 aromatic carbocycles. The van der Waals surface area contributed by atoms with Gasteiger partial charge in [-0.05, 0) is 54.7 Å². The van der Waals surface area contributed by atoms with Crippen molar-refractivity contribution < 1.29 is 9.90 Å². The molecule has 2 aromatic heterocycles. The van der Waals surface area contributed by atoms with Crippen LogP contribution < -0.4 is 4.90 Å². The molecule has 3 fully saturated rings. The minimum Gasteiger partial charge on any atom is -0.394 e. The molecular weight excluding hydrogens is 500 g/mol.